The molecule has 0 bridgehead atoms. The summed E-state index contributed by atoms with van der Waals surface area (Å²) in [7, 11) is 0. The third kappa shape index (κ3) is 4.05. The Kier molecular flexibility index (Phi) is 5.76. The van der Waals surface area contributed by atoms with Gasteiger partial charge in [-0.2, -0.15) is 5.10 Å². The first-order chi connectivity index (χ1) is 10.2. The van der Waals surface area contributed by atoms with Crippen molar-refractivity contribution in [2.24, 2.45) is 0 Å². The van der Waals surface area contributed by atoms with Crippen LogP contribution in [0.4, 0.5) is 0 Å². The summed E-state index contributed by atoms with van der Waals surface area (Å²) >= 11 is 5.93. The molecule has 114 valence electrons. The molecule has 2 aromatic heterocycles. The lowest BCUT2D eigenvalue weighted by atomic mass is 10.1. The molecule has 5 heteroatoms. The number of aromatic nitrogens is 3. The quantitative estimate of drug-likeness (QED) is 0.852. The number of halogens is 1. The van der Waals surface area contributed by atoms with Crippen LogP contribution >= 0.6 is 11.6 Å². The van der Waals surface area contributed by atoms with E-state index in [0.717, 1.165) is 37.3 Å². The van der Waals surface area contributed by atoms with Gasteiger partial charge in [-0.1, -0.05) is 25.4 Å². The van der Waals surface area contributed by atoms with E-state index in [-0.39, 0.29) is 6.04 Å². The summed E-state index contributed by atoms with van der Waals surface area (Å²) in [5.41, 5.74) is 3.41. The van der Waals surface area contributed by atoms with Crippen molar-refractivity contribution in [1.82, 2.24) is 20.1 Å². The predicted molar refractivity (Wildman–Crippen MR) is 86.6 cm³/mol. The standard InChI is InChI=1S/C16H23ClN4/c1-4-13-9-14(21(6-3)20-13)10-16(18-5-2)15-8-7-12(17)11-19-15/h7-9,11,16,18H,4-6,10H2,1-3H3. The van der Waals surface area contributed by atoms with E-state index in [9.17, 15) is 0 Å². The van der Waals surface area contributed by atoms with Gasteiger partial charge in [0.05, 0.1) is 22.5 Å². The third-order valence-corrected chi connectivity index (χ3v) is 3.77. The lowest BCUT2D eigenvalue weighted by Gasteiger charge is -2.18. The molecule has 0 amide bonds. The van der Waals surface area contributed by atoms with Crippen molar-refractivity contribution < 1.29 is 0 Å². The fraction of sp³-hybridized carbons (Fsp3) is 0.500. The Hall–Kier alpha value is -1.39. The highest BCUT2D eigenvalue weighted by Crippen LogP contribution is 2.19. The van der Waals surface area contributed by atoms with Crippen molar-refractivity contribution in [3.05, 3.63) is 46.5 Å². The lowest BCUT2D eigenvalue weighted by Crippen LogP contribution is -2.25. The Bertz CT molecular complexity index is 562. The molecule has 0 aliphatic rings. The molecule has 2 rings (SSSR count). The van der Waals surface area contributed by atoms with Gasteiger partial charge in [0, 0.05) is 24.9 Å². The first kappa shape index (κ1) is 16.0. The smallest absolute Gasteiger partial charge is 0.0624 e. The van der Waals surface area contributed by atoms with Gasteiger partial charge in [0.2, 0.25) is 0 Å². The maximum absolute atomic E-state index is 5.93. The van der Waals surface area contributed by atoms with Gasteiger partial charge in [-0.25, -0.2) is 0 Å². The highest BCUT2D eigenvalue weighted by Gasteiger charge is 2.16. The molecular formula is C16H23ClN4. The summed E-state index contributed by atoms with van der Waals surface area (Å²) in [4.78, 5) is 4.45. The number of aryl methyl sites for hydroxylation is 2. The summed E-state index contributed by atoms with van der Waals surface area (Å²) in [6, 6.07) is 6.26. The van der Waals surface area contributed by atoms with E-state index in [1.807, 2.05) is 12.1 Å². The second-order valence-corrected chi connectivity index (χ2v) is 5.45. The zero-order chi connectivity index (χ0) is 15.2. The molecule has 0 aliphatic heterocycles. The largest absolute Gasteiger partial charge is 0.309 e. The fourth-order valence-corrected chi connectivity index (χ4v) is 2.57. The third-order valence-electron chi connectivity index (χ3n) is 3.55. The van der Waals surface area contributed by atoms with Crippen LogP contribution in [-0.4, -0.2) is 21.3 Å². The van der Waals surface area contributed by atoms with Gasteiger partial charge in [-0.15, -0.1) is 0 Å². The van der Waals surface area contributed by atoms with E-state index in [1.54, 1.807) is 6.20 Å². The van der Waals surface area contributed by atoms with E-state index in [4.69, 9.17) is 11.6 Å². The van der Waals surface area contributed by atoms with Gasteiger partial charge in [0.1, 0.15) is 0 Å². The summed E-state index contributed by atoms with van der Waals surface area (Å²) < 4.78 is 2.08. The van der Waals surface area contributed by atoms with Crippen molar-refractivity contribution in [2.75, 3.05) is 6.54 Å². The molecule has 1 N–H and O–H groups in total. The fourth-order valence-electron chi connectivity index (χ4n) is 2.46. The minimum Gasteiger partial charge on any atom is -0.309 e. The van der Waals surface area contributed by atoms with Gasteiger partial charge in [-0.05, 0) is 38.1 Å². The van der Waals surface area contributed by atoms with E-state index < -0.39 is 0 Å². The van der Waals surface area contributed by atoms with E-state index >= 15 is 0 Å². The number of nitrogens with one attached hydrogen (secondary N) is 1. The second kappa shape index (κ2) is 7.57. The van der Waals surface area contributed by atoms with Crippen molar-refractivity contribution in [1.29, 1.82) is 0 Å². The summed E-state index contributed by atoms with van der Waals surface area (Å²) in [5.74, 6) is 0. The molecule has 0 spiro atoms. The van der Waals surface area contributed by atoms with Crippen molar-refractivity contribution >= 4 is 11.6 Å². The van der Waals surface area contributed by atoms with Crippen LogP contribution in [0, 0.1) is 0 Å². The normalized spacial score (nSPS) is 12.6. The maximum Gasteiger partial charge on any atom is 0.0624 e. The van der Waals surface area contributed by atoms with Gasteiger partial charge in [0.15, 0.2) is 0 Å². The summed E-state index contributed by atoms with van der Waals surface area (Å²) in [6.45, 7) is 8.16. The monoisotopic (exact) mass is 306 g/mol. The van der Waals surface area contributed by atoms with E-state index in [2.05, 4.69) is 46.9 Å². The minimum absolute atomic E-state index is 0.180. The Morgan fingerprint density at radius 1 is 1.29 bits per heavy atom. The van der Waals surface area contributed by atoms with Crippen LogP contribution in [-0.2, 0) is 19.4 Å². The topological polar surface area (TPSA) is 42.7 Å². The zero-order valence-corrected chi connectivity index (χ0v) is 13.7. The van der Waals surface area contributed by atoms with Crippen LogP contribution in [0.3, 0.4) is 0 Å². The Morgan fingerprint density at radius 3 is 2.67 bits per heavy atom. The molecule has 4 nitrogen and oxygen atoms in total. The highest BCUT2D eigenvalue weighted by atomic mass is 35.5. The lowest BCUT2D eigenvalue weighted by molar-refractivity contribution is 0.506. The zero-order valence-electron chi connectivity index (χ0n) is 12.9. The number of likely N-dealkylation sites (N-methyl/N-ethyl adjacent to an activating group) is 1. The Morgan fingerprint density at radius 2 is 2.10 bits per heavy atom. The molecule has 0 aliphatic carbocycles. The van der Waals surface area contributed by atoms with Gasteiger partial charge in [-0.3, -0.25) is 9.67 Å². The highest BCUT2D eigenvalue weighted by molar-refractivity contribution is 6.30. The first-order valence-corrected chi connectivity index (χ1v) is 7.96. The minimum atomic E-state index is 0.180. The second-order valence-electron chi connectivity index (χ2n) is 5.01. The first-order valence-electron chi connectivity index (χ1n) is 7.58. The molecule has 1 unspecified atom stereocenters. The number of hydrogen-bond acceptors (Lipinski definition) is 3. The molecule has 0 saturated carbocycles. The van der Waals surface area contributed by atoms with Crippen LogP contribution < -0.4 is 5.32 Å². The number of hydrogen-bond donors (Lipinski definition) is 1. The number of rotatable bonds is 7. The molecule has 0 fully saturated rings. The molecule has 0 saturated heterocycles. The van der Waals surface area contributed by atoms with Crippen molar-refractivity contribution in [3.8, 4) is 0 Å². The Labute approximate surface area is 131 Å². The average molecular weight is 307 g/mol. The number of pyridine rings is 1. The SMILES string of the molecule is CCNC(Cc1cc(CC)nn1CC)c1ccc(Cl)cn1. The molecule has 1 atom stereocenters. The molecular weight excluding hydrogens is 284 g/mol. The molecule has 0 radical (unpaired) electrons. The molecule has 21 heavy (non-hydrogen) atoms. The van der Waals surface area contributed by atoms with Crippen molar-refractivity contribution in [3.63, 3.8) is 0 Å². The molecule has 2 heterocycles. The van der Waals surface area contributed by atoms with Gasteiger partial charge in [0.25, 0.3) is 0 Å². The van der Waals surface area contributed by atoms with E-state index in [0.29, 0.717) is 5.02 Å². The number of nitrogens with zero attached hydrogens (tertiary/aromatic N) is 3. The summed E-state index contributed by atoms with van der Waals surface area (Å²) in [6.07, 6.45) is 3.55. The van der Waals surface area contributed by atoms with Gasteiger partial charge < -0.3 is 5.32 Å². The van der Waals surface area contributed by atoms with Crippen LogP contribution in [0.25, 0.3) is 0 Å². The predicted octanol–water partition coefficient (Wildman–Crippen LogP) is 3.41. The van der Waals surface area contributed by atoms with E-state index in [1.165, 1.54) is 5.69 Å². The Balaban J connectivity index is 2.23. The van der Waals surface area contributed by atoms with Crippen molar-refractivity contribution in [2.45, 2.75) is 46.2 Å². The molecule has 2 aromatic rings. The summed E-state index contributed by atoms with van der Waals surface area (Å²) in [5, 5.41) is 8.78. The molecule has 0 aromatic carbocycles. The maximum atomic E-state index is 5.93. The van der Waals surface area contributed by atoms with Gasteiger partial charge >= 0.3 is 0 Å². The van der Waals surface area contributed by atoms with Crippen LogP contribution in [0.15, 0.2) is 24.4 Å². The van der Waals surface area contributed by atoms with Crippen LogP contribution in [0.5, 0.6) is 0 Å². The van der Waals surface area contributed by atoms with Crippen LogP contribution in [0.1, 0.15) is 43.9 Å². The van der Waals surface area contributed by atoms with Crippen LogP contribution in [0.2, 0.25) is 5.02 Å². The average Bonchev–Trinajstić information content (AvgIpc) is 2.90.